The third-order valence-corrected chi connectivity index (χ3v) is 7.77. The Bertz CT molecular complexity index is 774. The molecule has 0 bridgehead atoms. The van der Waals surface area contributed by atoms with Crippen molar-refractivity contribution in [2.45, 2.75) is 43.0 Å². The summed E-state index contributed by atoms with van der Waals surface area (Å²) in [5.74, 6) is -0.0587. The Kier molecular flexibility index (Phi) is 5.03. The first-order valence-corrected chi connectivity index (χ1v) is 11.1. The van der Waals surface area contributed by atoms with Crippen molar-refractivity contribution >= 4 is 15.9 Å². The summed E-state index contributed by atoms with van der Waals surface area (Å²) in [6.07, 6.45) is 5.50. The SMILES string of the molecule is O=C(c1cccc(S(=O)(=O)N2CCN3CCCC[C@@H]3C2)c1)N1CCCC1. The highest BCUT2D eigenvalue weighted by atomic mass is 32.2. The molecule has 6 nitrogen and oxygen atoms in total. The highest BCUT2D eigenvalue weighted by molar-refractivity contribution is 7.89. The maximum Gasteiger partial charge on any atom is 0.253 e. The summed E-state index contributed by atoms with van der Waals surface area (Å²) >= 11 is 0. The smallest absolute Gasteiger partial charge is 0.253 e. The monoisotopic (exact) mass is 377 g/mol. The van der Waals surface area contributed by atoms with Gasteiger partial charge < -0.3 is 4.90 Å². The third kappa shape index (κ3) is 3.40. The first kappa shape index (κ1) is 17.9. The molecule has 1 amide bonds. The standard InChI is InChI=1S/C19H27N3O3S/c23-19(21-10-3-4-11-21)16-6-5-8-18(14-16)26(24,25)22-13-12-20-9-2-1-7-17(20)15-22/h5-6,8,14,17H,1-4,7,9-13,15H2/t17-/m1/s1. The molecule has 1 aromatic carbocycles. The average molecular weight is 378 g/mol. The fourth-order valence-electron chi connectivity index (χ4n) is 4.39. The lowest BCUT2D eigenvalue weighted by Crippen LogP contribution is -2.56. The van der Waals surface area contributed by atoms with Gasteiger partial charge in [0.25, 0.3) is 5.91 Å². The van der Waals surface area contributed by atoms with E-state index in [-0.39, 0.29) is 10.8 Å². The number of fused-ring (bicyclic) bond motifs is 1. The molecule has 0 unspecified atom stereocenters. The Morgan fingerprint density at radius 2 is 1.73 bits per heavy atom. The number of sulfonamides is 1. The van der Waals surface area contributed by atoms with E-state index in [2.05, 4.69) is 4.90 Å². The van der Waals surface area contributed by atoms with Gasteiger partial charge in [-0.1, -0.05) is 12.5 Å². The fourth-order valence-corrected chi connectivity index (χ4v) is 5.90. The molecule has 0 aromatic heterocycles. The molecule has 3 aliphatic heterocycles. The van der Waals surface area contributed by atoms with Crippen LogP contribution in [0.15, 0.2) is 29.2 Å². The highest BCUT2D eigenvalue weighted by Gasteiger charge is 2.35. The Morgan fingerprint density at radius 3 is 2.54 bits per heavy atom. The summed E-state index contributed by atoms with van der Waals surface area (Å²) in [5.41, 5.74) is 0.476. The van der Waals surface area contributed by atoms with E-state index in [0.29, 0.717) is 24.7 Å². The molecule has 3 heterocycles. The van der Waals surface area contributed by atoms with E-state index >= 15 is 0 Å². The van der Waals surface area contributed by atoms with E-state index < -0.39 is 10.0 Å². The molecule has 0 N–H and O–H groups in total. The third-order valence-electron chi connectivity index (χ3n) is 5.91. The molecule has 3 saturated heterocycles. The number of piperidine rings is 1. The first-order valence-electron chi connectivity index (χ1n) is 9.69. The summed E-state index contributed by atoms with van der Waals surface area (Å²) in [5, 5.41) is 0. The second-order valence-corrected chi connectivity index (χ2v) is 9.51. The number of nitrogens with zero attached hydrogens (tertiary/aromatic N) is 3. The molecule has 3 aliphatic rings. The van der Waals surface area contributed by atoms with E-state index in [0.717, 1.165) is 45.4 Å². The number of hydrogen-bond acceptors (Lipinski definition) is 4. The van der Waals surface area contributed by atoms with Crippen LogP contribution in [0.2, 0.25) is 0 Å². The minimum Gasteiger partial charge on any atom is -0.339 e. The van der Waals surface area contributed by atoms with E-state index in [1.807, 2.05) is 4.90 Å². The Labute approximate surface area is 155 Å². The number of carbonyl (C=O) groups is 1. The Balaban J connectivity index is 1.54. The molecule has 0 radical (unpaired) electrons. The van der Waals surface area contributed by atoms with Crippen LogP contribution in [0.3, 0.4) is 0 Å². The van der Waals surface area contributed by atoms with E-state index in [1.54, 1.807) is 28.6 Å². The van der Waals surface area contributed by atoms with Crippen molar-refractivity contribution in [1.29, 1.82) is 0 Å². The number of benzene rings is 1. The quantitative estimate of drug-likeness (QED) is 0.806. The Hall–Kier alpha value is -1.44. The molecular formula is C19H27N3O3S. The van der Waals surface area contributed by atoms with Gasteiger partial charge >= 0.3 is 0 Å². The van der Waals surface area contributed by atoms with Crippen molar-refractivity contribution < 1.29 is 13.2 Å². The molecule has 7 heteroatoms. The van der Waals surface area contributed by atoms with Gasteiger partial charge in [-0.15, -0.1) is 0 Å². The summed E-state index contributed by atoms with van der Waals surface area (Å²) in [4.78, 5) is 17.1. The van der Waals surface area contributed by atoms with Gasteiger partial charge in [0.05, 0.1) is 4.90 Å². The zero-order valence-electron chi connectivity index (χ0n) is 15.1. The lowest BCUT2D eigenvalue weighted by atomic mass is 10.0. The topological polar surface area (TPSA) is 60.9 Å². The predicted octanol–water partition coefficient (Wildman–Crippen LogP) is 1.78. The normalized spacial score (nSPS) is 25.2. The molecule has 1 aromatic rings. The van der Waals surface area contributed by atoms with Crippen LogP contribution in [0.25, 0.3) is 0 Å². The maximum absolute atomic E-state index is 13.1. The number of piperazine rings is 1. The van der Waals surface area contributed by atoms with Gasteiger partial charge in [-0.25, -0.2) is 8.42 Å². The van der Waals surface area contributed by atoms with Gasteiger partial charge in [-0.3, -0.25) is 9.69 Å². The van der Waals surface area contributed by atoms with Crippen LogP contribution in [-0.4, -0.2) is 73.7 Å². The van der Waals surface area contributed by atoms with Gasteiger partial charge in [-0.2, -0.15) is 4.31 Å². The maximum atomic E-state index is 13.1. The van der Waals surface area contributed by atoms with Crippen LogP contribution in [0, 0.1) is 0 Å². The van der Waals surface area contributed by atoms with E-state index in [1.165, 1.54) is 12.8 Å². The second kappa shape index (κ2) is 7.29. The number of likely N-dealkylation sites (tertiary alicyclic amines) is 1. The zero-order valence-corrected chi connectivity index (χ0v) is 16.0. The highest BCUT2D eigenvalue weighted by Crippen LogP contribution is 2.26. The largest absolute Gasteiger partial charge is 0.339 e. The van der Waals surface area contributed by atoms with Crippen molar-refractivity contribution in [1.82, 2.24) is 14.1 Å². The van der Waals surface area contributed by atoms with Gasteiger partial charge in [0.15, 0.2) is 0 Å². The number of hydrogen-bond donors (Lipinski definition) is 0. The van der Waals surface area contributed by atoms with Crippen molar-refractivity contribution in [2.75, 3.05) is 39.3 Å². The van der Waals surface area contributed by atoms with E-state index in [9.17, 15) is 13.2 Å². The second-order valence-electron chi connectivity index (χ2n) is 7.58. The molecule has 3 fully saturated rings. The van der Waals surface area contributed by atoms with Gasteiger partial charge in [-0.05, 0) is 50.4 Å². The summed E-state index contributed by atoms with van der Waals surface area (Å²) in [7, 11) is -3.56. The minimum absolute atomic E-state index is 0.0587. The first-order chi connectivity index (χ1) is 12.6. The molecule has 0 aliphatic carbocycles. The van der Waals surface area contributed by atoms with Crippen LogP contribution in [0.4, 0.5) is 0 Å². The van der Waals surface area contributed by atoms with Crippen molar-refractivity contribution in [3.63, 3.8) is 0 Å². The zero-order chi connectivity index (χ0) is 18.1. The Morgan fingerprint density at radius 1 is 0.962 bits per heavy atom. The molecule has 1 atom stereocenters. The van der Waals surface area contributed by atoms with Crippen LogP contribution < -0.4 is 0 Å². The van der Waals surface area contributed by atoms with Crippen molar-refractivity contribution in [3.8, 4) is 0 Å². The lowest BCUT2D eigenvalue weighted by molar-refractivity contribution is 0.0792. The molecule has 142 valence electrons. The summed E-state index contributed by atoms with van der Waals surface area (Å²) in [6.45, 7) is 4.50. The number of rotatable bonds is 3. The fraction of sp³-hybridized carbons (Fsp3) is 0.632. The van der Waals surface area contributed by atoms with Gasteiger partial charge in [0.1, 0.15) is 0 Å². The number of carbonyl (C=O) groups excluding carboxylic acids is 1. The summed E-state index contributed by atoms with van der Waals surface area (Å²) in [6, 6.07) is 6.92. The van der Waals surface area contributed by atoms with Crippen molar-refractivity contribution in [3.05, 3.63) is 29.8 Å². The van der Waals surface area contributed by atoms with Crippen LogP contribution >= 0.6 is 0 Å². The van der Waals surface area contributed by atoms with Gasteiger partial charge in [0.2, 0.25) is 10.0 Å². The molecule has 4 rings (SSSR count). The van der Waals surface area contributed by atoms with Crippen LogP contribution in [-0.2, 0) is 10.0 Å². The van der Waals surface area contributed by atoms with Crippen molar-refractivity contribution in [2.24, 2.45) is 0 Å². The molecule has 0 saturated carbocycles. The number of amides is 1. The van der Waals surface area contributed by atoms with Crippen LogP contribution in [0.1, 0.15) is 42.5 Å². The van der Waals surface area contributed by atoms with Crippen LogP contribution in [0.5, 0.6) is 0 Å². The lowest BCUT2D eigenvalue weighted by Gasteiger charge is -2.43. The molecule has 0 spiro atoms. The average Bonchev–Trinajstić information content (AvgIpc) is 3.22. The minimum atomic E-state index is -3.56. The van der Waals surface area contributed by atoms with Gasteiger partial charge in [0, 0.05) is 44.3 Å². The molecular weight excluding hydrogens is 350 g/mol. The summed E-state index contributed by atoms with van der Waals surface area (Å²) < 4.78 is 27.9. The van der Waals surface area contributed by atoms with E-state index in [4.69, 9.17) is 0 Å². The predicted molar refractivity (Wildman–Crippen MR) is 99.6 cm³/mol. The molecule has 26 heavy (non-hydrogen) atoms.